The van der Waals surface area contributed by atoms with Gasteiger partial charge in [-0.25, -0.2) is 9.97 Å². The van der Waals surface area contributed by atoms with E-state index in [2.05, 4.69) is 88.6 Å². The number of nitrogens with one attached hydrogen (secondary N) is 2. The molecule has 32 heavy (non-hydrogen) atoms. The minimum atomic E-state index is 0.156. The van der Waals surface area contributed by atoms with Crippen molar-refractivity contribution in [1.29, 1.82) is 0 Å². The normalized spacial score (nSPS) is 15.0. The van der Waals surface area contributed by atoms with Gasteiger partial charge in [-0.05, 0) is 36.8 Å². The molecule has 0 aliphatic carbocycles. The SMILES string of the molecule is C=C1CNCCN1c1cc(-c2ccnc(N[C@@H](C)c3ccccc3)c2)nc2ccccc12. The number of anilines is 2. The highest BCUT2D eigenvalue weighted by molar-refractivity contribution is 5.95. The van der Waals surface area contributed by atoms with E-state index < -0.39 is 0 Å². The molecule has 0 spiro atoms. The van der Waals surface area contributed by atoms with Crippen LogP contribution in [0.5, 0.6) is 0 Å². The third-order valence-electron chi connectivity index (χ3n) is 5.93. The molecule has 1 aliphatic heterocycles. The molecule has 5 nitrogen and oxygen atoms in total. The van der Waals surface area contributed by atoms with E-state index in [-0.39, 0.29) is 6.04 Å². The van der Waals surface area contributed by atoms with E-state index in [0.29, 0.717) is 0 Å². The maximum Gasteiger partial charge on any atom is 0.127 e. The summed E-state index contributed by atoms with van der Waals surface area (Å²) in [7, 11) is 0. The molecule has 1 saturated heterocycles. The standard InChI is InChI=1S/C27H27N5/c1-19-18-28-14-15-32(19)26-17-25(31-24-11-7-6-10-23(24)26)22-12-13-29-27(16-22)30-20(2)21-8-4-3-5-9-21/h3-13,16-17,20,28H,1,14-15,18H2,2H3,(H,29,30)/t20-/m0/s1. The summed E-state index contributed by atoms with van der Waals surface area (Å²) < 4.78 is 0. The molecule has 1 atom stereocenters. The monoisotopic (exact) mass is 421 g/mol. The van der Waals surface area contributed by atoms with E-state index in [4.69, 9.17) is 4.98 Å². The Morgan fingerprint density at radius 2 is 1.84 bits per heavy atom. The van der Waals surface area contributed by atoms with Crippen molar-refractivity contribution in [1.82, 2.24) is 15.3 Å². The molecule has 2 N–H and O–H groups in total. The fraction of sp³-hybridized carbons (Fsp3) is 0.185. The number of rotatable bonds is 5. The molecule has 4 aromatic rings. The van der Waals surface area contributed by atoms with Crippen LogP contribution in [0.2, 0.25) is 0 Å². The molecule has 2 aromatic carbocycles. The van der Waals surface area contributed by atoms with E-state index in [0.717, 1.165) is 59.0 Å². The average molecular weight is 422 g/mol. The Morgan fingerprint density at radius 3 is 2.69 bits per heavy atom. The van der Waals surface area contributed by atoms with Crippen LogP contribution in [-0.4, -0.2) is 29.6 Å². The Balaban J connectivity index is 1.52. The summed E-state index contributed by atoms with van der Waals surface area (Å²) in [5.41, 5.74) is 6.41. The number of pyridine rings is 2. The van der Waals surface area contributed by atoms with Crippen molar-refractivity contribution in [2.45, 2.75) is 13.0 Å². The molecule has 0 saturated carbocycles. The zero-order valence-corrected chi connectivity index (χ0v) is 18.3. The van der Waals surface area contributed by atoms with Gasteiger partial charge >= 0.3 is 0 Å². The molecule has 5 heteroatoms. The summed E-state index contributed by atoms with van der Waals surface area (Å²) >= 11 is 0. The second kappa shape index (κ2) is 8.81. The van der Waals surface area contributed by atoms with Gasteiger partial charge in [0.05, 0.1) is 16.9 Å². The Labute approximate surface area is 188 Å². The van der Waals surface area contributed by atoms with E-state index >= 15 is 0 Å². The van der Waals surface area contributed by atoms with Crippen LogP contribution in [0.3, 0.4) is 0 Å². The fourth-order valence-corrected chi connectivity index (χ4v) is 4.21. The first kappa shape index (κ1) is 20.2. The Kier molecular flexibility index (Phi) is 5.57. The average Bonchev–Trinajstić information content (AvgIpc) is 2.84. The highest BCUT2D eigenvalue weighted by atomic mass is 15.2. The predicted molar refractivity (Wildman–Crippen MR) is 133 cm³/mol. The van der Waals surface area contributed by atoms with Crippen molar-refractivity contribution >= 4 is 22.4 Å². The van der Waals surface area contributed by atoms with Crippen LogP contribution >= 0.6 is 0 Å². The van der Waals surface area contributed by atoms with Gasteiger partial charge in [-0.15, -0.1) is 0 Å². The van der Waals surface area contributed by atoms with Crippen LogP contribution in [0.25, 0.3) is 22.2 Å². The molecular weight excluding hydrogens is 394 g/mol. The number of piperazine rings is 1. The Hall–Kier alpha value is -3.70. The Morgan fingerprint density at radius 1 is 1.03 bits per heavy atom. The van der Waals surface area contributed by atoms with Crippen molar-refractivity contribution in [3.8, 4) is 11.3 Å². The second-order valence-electron chi connectivity index (χ2n) is 8.14. The van der Waals surface area contributed by atoms with E-state index in [9.17, 15) is 0 Å². The number of benzene rings is 2. The maximum atomic E-state index is 4.98. The zero-order valence-electron chi connectivity index (χ0n) is 18.3. The number of aromatic nitrogens is 2. The van der Waals surface area contributed by atoms with Gasteiger partial charge in [0.2, 0.25) is 0 Å². The van der Waals surface area contributed by atoms with Crippen molar-refractivity contribution in [3.05, 3.63) is 96.8 Å². The largest absolute Gasteiger partial charge is 0.364 e. The van der Waals surface area contributed by atoms with Crippen LogP contribution in [-0.2, 0) is 0 Å². The van der Waals surface area contributed by atoms with Crippen LogP contribution in [0.15, 0.2) is 91.3 Å². The van der Waals surface area contributed by atoms with Gasteiger partial charge in [-0.2, -0.15) is 0 Å². The van der Waals surface area contributed by atoms with E-state index in [1.54, 1.807) is 0 Å². The first-order valence-corrected chi connectivity index (χ1v) is 11.0. The first-order valence-electron chi connectivity index (χ1n) is 11.0. The summed E-state index contributed by atoms with van der Waals surface area (Å²) in [5.74, 6) is 0.835. The molecule has 1 aliphatic rings. The van der Waals surface area contributed by atoms with Gasteiger partial charge in [0.15, 0.2) is 0 Å². The third kappa shape index (κ3) is 4.07. The second-order valence-corrected chi connectivity index (χ2v) is 8.14. The third-order valence-corrected chi connectivity index (χ3v) is 5.93. The van der Waals surface area contributed by atoms with Gasteiger partial charge in [-0.3, -0.25) is 0 Å². The summed E-state index contributed by atoms with van der Waals surface area (Å²) in [6.07, 6.45) is 1.84. The van der Waals surface area contributed by atoms with Gasteiger partial charge in [0.1, 0.15) is 5.82 Å². The Bertz CT molecular complexity index is 1250. The van der Waals surface area contributed by atoms with Gasteiger partial charge in [0.25, 0.3) is 0 Å². The lowest BCUT2D eigenvalue weighted by atomic mass is 10.1. The fourth-order valence-electron chi connectivity index (χ4n) is 4.21. The van der Waals surface area contributed by atoms with Crippen LogP contribution in [0.1, 0.15) is 18.5 Å². The minimum absolute atomic E-state index is 0.156. The van der Waals surface area contributed by atoms with Crippen molar-refractivity contribution in [2.24, 2.45) is 0 Å². The summed E-state index contributed by atoms with van der Waals surface area (Å²) in [6, 6.07) is 25.1. The molecule has 0 unspecified atom stereocenters. The van der Waals surface area contributed by atoms with Crippen LogP contribution in [0.4, 0.5) is 11.5 Å². The lowest BCUT2D eigenvalue weighted by Crippen LogP contribution is -2.41. The first-order chi connectivity index (χ1) is 15.7. The molecule has 0 radical (unpaired) electrons. The lowest BCUT2D eigenvalue weighted by Gasteiger charge is -2.32. The maximum absolute atomic E-state index is 4.98. The highest BCUT2D eigenvalue weighted by Gasteiger charge is 2.19. The quantitative estimate of drug-likeness (QED) is 0.452. The molecule has 5 rings (SSSR count). The smallest absolute Gasteiger partial charge is 0.127 e. The van der Waals surface area contributed by atoms with Gasteiger partial charge in [-0.1, -0.05) is 55.1 Å². The van der Waals surface area contributed by atoms with Crippen molar-refractivity contribution < 1.29 is 0 Å². The van der Waals surface area contributed by atoms with E-state index in [1.807, 2.05) is 24.4 Å². The van der Waals surface area contributed by atoms with Crippen molar-refractivity contribution in [3.63, 3.8) is 0 Å². The summed E-state index contributed by atoms with van der Waals surface area (Å²) in [4.78, 5) is 11.8. The number of nitrogens with zero attached hydrogens (tertiary/aromatic N) is 3. The summed E-state index contributed by atoms with van der Waals surface area (Å²) in [6.45, 7) is 9.05. The summed E-state index contributed by atoms with van der Waals surface area (Å²) in [5, 5.41) is 8.06. The number of hydrogen-bond acceptors (Lipinski definition) is 5. The molecular formula is C27H27N5. The van der Waals surface area contributed by atoms with Crippen LogP contribution in [0, 0.1) is 0 Å². The molecule has 0 amide bonds. The van der Waals surface area contributed by atoms with E-state index in [1.165, 1.54) is 5.56 Å². The molecule has 160 valence electrons. The molecule has 2 aromatic heterocycles. The van der Waals surface area contributed by atoms with Gasteiger partial charge < -0.3 is 15.5 Å². The molecule has 1 fully saturated rings. The van der Waals surface area contributed by atoms with Crippen molar-refractivity contribution in [2.75, 3.05) is 29.9 Å². The lowest BCUT2D eigenvalue weighted by molar-refractivity contribution is 0.649. The topological polar surface area (TPSA) is 53.1 Å². The minimum Gasteiger partial charge on any atom is -0.364 e. The molecule has 0 bridgehead atoms. The number of para-hydroxylation sites is 1. The highest BCUT2D eigenvalue weighted by Crippen LogP contribution is 2.33. The predicted octanol–water partition coefficient (Wildman–Crippen LogP) is 5.39. The number of fused-ring (bicyclic) bond motifs is 1. The molecule has 3 heterocycles. The van der Waals surface area contributed by atoms with Crippen LogP contribution < -0.4 is 15.5 Å². The zero-order chi connectivity index (χ0) is 21.9. The number of hydrogen-bond donors (Lipinski definition) is 2. The van der Waals surface area contributed by atoms with Gasteiger partial charge in [0, 0.05) is 48.5 Å².